The second kappa shape index (κ2) is 8.33. The highest BCUT2D eigenvalue weighted by molar-refractivity contribution is 7.99. The van der Waals surface area contributed by atoms with Crippen LogP contribution in [0.15, 0.2) is 29.4 Å². The molecule has 23 heavy (non-hydrogen) atoms. The number of hydrogen-bond acceptors (Lipinski definition) is 5. The van der Waals surface area contributed by atoms with E-state index >= 15 is 0 Å². The van der Waals surface area contributed by atoms with Gasteiger partial charge in [-0.1, -0.05) is 35.5 Å². The Morgan fingerprint density at radius 2 is 2.17 bits per heavy atom. The van der Waals surface area contributed by atoms with Crippen molar-refractivity contribution in [2.45, 2.75) is 18.1 Å². The Kier molecular flexibility index (Phi) is 6.44. The fourth-order valence-electron chi connectivity index (χ4n) is 2.06. The molecular formula is C15H19ClN4O2S. The molecule has 0 saturated heterocycles. The molecule has 0 aliphatic rings. The van der Waals surface area contributed by atoms with Crippen LogP contribution in [0.25, 0.3) is 11.4 Å². The van der Waals surface area contributed by atoms with Crippen molar-refractivity contribution >= 4 is 29.3 Å². The van der Waals surface area contributed by atoms with Gasteiger partial charge in [0.15, 0.2) is 11.0 Å². The van der Waals surface area contributed by atoms with Crippen molar-refractivity contribution < 1.29 is 9.53 Å². The predicted molar refractivity (Wildman–Crippen MR) is 91.7 cm³/mol. The van der Waals surface area contributed by atoms with E-state index in [1.165, 1.54) is 11.8 Å². The van der Waals surface area contributed by atoms with Gasteiger partial charge in [0.25, 0.3) is 0 Å². The summed E-state index contributed by atoms with van der Waals surface area (Å²) in [6, 6.07) is 7.44. The first-order chi connectivity index (χ1) is 11.0. The lowest BCUT2D eigenvalue weighted by Gasteiger charge is -2.12. The zero-order chi connectivity index (χ0) is 16.8. The summed E-state index contributed by atoms with van der Waals surface area (Å²) in [6.07, 6.45) is 0. The lowest BCUT2D eigenvalue weighted by molar-refractivity contribution is -0.119. The number of nitrogens with one attached hydrogen (secondary N) is 1. The van der Waals surface area contributed by atoms with Crippen molar-refractivity contribution in [1.29, 1.82) is 0 Å². The van der Waals surface area contributed by atoms with Gasteiger partial charge in [-0.15, -0.1) is 10.2 Å². The molecule has 0 aliphatic carbocycles. The molecule has 1 aromatic heterocycles. The molecule has 1 amide bonds. The second-order valence-electron chi connectivity index (χ2n) is 5.06. The first-order valence-corrected chi connectivity index (χ1v) is 8.44. The minimum atomic E-state index is -0.0677. The number of aromatic nitrogens is 3. The Morgan fingerprint density at radius 1 is 1.43 bits per heavy atom. The highest BCUT2D eigenvalue weighted by Gasteiger charge is 2.15. The molecule has 0 fully saturated rings. The third-order valence-electron chi connectivity index (χ3n) is 3.11. The van der Waals surface area contributed by atoms with Crippen molar-refractivity contribution in [2.75, 3.05) is 19.5 Å². The maximum Gasteiger partial charge on any atom is 0.230 e. The molecule has 1 aromatic carbocycles. The number of halogens is 1. The van der Waals surface area contributed by atoms with Crippen LogP contribution in [0.1, 0.15) is 6.92 Å². The minimum absolute atomic E-state index is 0.0220. The third kappa shape index (κ3) is 4.70. The quantitative estimate of drug-likeness (QED) is 0.773. The van der Waals surface area contributed by atoms with Gasteiger partial charge in [0.05, 0.1) is 17.4 Å². The number of carbonyl (C=O) groups excluding carboxylic acids is 1. The highest BCUT2D eigenvalue weighted by Crippen LogP contribution is 2.28. The summed E-state index contributed by atoms with van der Waals surface area (Å²) in [5.74, 6) is 0.871. The van der Waals surface area contributed by atoms with Crippen molar-refractivity contribution in [3.63, 3.8) is 0 Å². The minimum Gasteiger partial charge on any atom is -0.383 e. The van der Waals surface area contributed by atoms with E-state index < -0.39 is 0 Å². The summed E-state index contributed by atoms with van der Waals surface area (Å²) < 4.78 is 6.82. The van der Waals surface area contributed by atoms with Gasteiger partial charge in [-0.3, -0.25) is 4.79 Å². The van der Waals surface area contributed by atoms with E-state index in [-0.39, 0.29) is 17.7 Å². The zero-order valence-electron chi connectivity index (χ0n) is 13.2. The number of methoxy groups -OCH3 is 1. The number of benzene rings is 1. The summed E-state index contributed by atoms with van der Waals surface area (Å²) in [4.78, 5) is 11.9. The summed E-state index contributed by atoms with van der Waals surface area (Å²) in [6.45, 7) is 2.38. The van der Waals surface area contributed by atoms with Gasteiger partial charge in [0.1, 0.15) is 0 Å². The van der Waals surface area contributed by atoms with Crippen molar-refractivity contribution in [3.05, 3.63) is 29.3 Å². The Bertz CT molecular complexity index is 677. The molecule has 0 bridgehead atoms. The largest absolute Gasteiger partial charge is 0.383 e. The topological polar surface area (TPSA) is 69.0 Å². The van der Waals surface area contributed by atoms with E-state index in [1.807, 2.05) is 42.8 Å². The lowest BCUT2D eigenvalue weighted by atomic mass is 10.2. The number of rotatable bonds is 7. The van der Waals surface area contributed by atoms with E-state index in [0.29, 0.717) is 22.6 Å². The molecule has 6 nitrogen and oxygen atoms in total. The average molecular weight is 355 g/mol. The maximum atomic E-state index is 11.9. The molecule has 0 unspecified atom stereocenters. The number of amides is 1. The standard InChI is InChI=1S/C15H19ClN4O2S/c1-10(8-22-3)17-13(21)9-23-15-19-18-14(20(15)2)11-6-4-5-7-12(11)16/h4-7,10H,8-9H2,1-3H3,(H,17,21)/t10-/m1/s1. The van der Waals surface area contributed by atoms with Gasteiger partial charge >= 0.3 is 0 Å². The van der Waals surface area contributed by atoms with Gasteiger partial charge in [0.2, 0.25) is 5.91 Å². The molecule has 1 heterocycles. The van der Waals surface area contributed by atoms with Gasteiger partial charge in [0, 0.05) is 25.8 Å². The van der Waals surface area contributed by atoms with Crippen molar-refractivity contribution in [1.82, 2.24) is 20.1 Å². The summed E-state index contributed by atoms with van der Waals surface area (Å²) in [7, 11) is 3.46. The highest BCUT2D eigenvalue weighted by atomic mass is 35.5. The van der Waals surface area contributed by atoms with Crippen LogP contribution >= 0.6 is 23.4 Å². The second-order valence-corrected chi connectivity index (χ2v) is 6.41. The smallest absolute Gasteiger partial charge is 0.230 e. The molecule has 1 N–H and O–H groups in total. The number of nitrogens with zero attached hydrogens (tertiary/aromatic N) is 3. The lowest BCUT2D eigenvalue weighted by Crippen LogP contribution is -2.36. The number of thioether (sulfide) groups is 1. The van der Waals surface area contributed by atoms with Crippen LogP contribution in [0, 0.1) is 0 Å². The van der Waals surface area contributed by atoms with E-state index in [2.05, 4.69) is 15.5 Å². The Hall–Kier alpha value is -1.57. The molecule has 2 rings (SSSR count). The first-order valence-electron chi connectivity index (χ1n) is 7.08. The summed E-state index contributed by atoms with van der Waals surface area (Å²) >= 11 is 7.52. The van der Waals surface area contributed by atoms with Gasteiger partial charge in [-0.05, 0) is 19.1 Å². The van der Waals surface area contributed by atoms with Crippen LogP contribution in [-0.2, 0) is 16.6 Å². The fourth-order valence-corrected chi connectivity index (χ4v) is 3.00. The van der Waals surface area contributed by atoms with Crippen LogP contribution in [0.2, 0.25) is 5.02 Å². The van der Waals surface area contributed by atoms with Gasteiger partial charge in [-0.25, -0.2) is 0 Å². The average Bonchev–Trinajstić information content (AvgIpc) is 2.87. The van der Waals surface area contributed by atoms with E-state index in [9.17, 15) is 4.79 Å². The van der Waals surface area contributed by atoms with Gasteiger partial charge < -0.3 is 14.6 Å². The Balaban J connectivity index is 2.00. The van der Waals surface area contributed by atoms with Crippen LogP contribution in [0.4, 0.5) is 0 Å². The zero-order valence-corrected chi connectivity index (χ0v) is 14.8. The molecule has 8 heteroatoms. The molecule has 0 radical (unpaired) electrons. The first kappa shape index (κ1) is 17.8. The third-order valence-corrected chi connectivity index (χ3v) is 4.46. The van der Waals surface area contributed by atoms with E-state index in [0.717, 1.165) is 5.56 Å². The SMILES string of the molecule is COC[C@@H](C)NC(=O)CSc1nnc(-c2ccccc2Cl)n1C. The molecule has 0 spiro atoms. The summed E-state index contributed by atoms with van der Waals surface area (Å²) in [5.41, 5.74) is 0.814. The molecule has 124 valence electrons. The van der Waals surface area contributed by atoms with E-state index in [4.69, 9.17) is 16.3 Å². The molecule has 0 saturated carbocycles. The van der Waals surface area contributed by atoms with E-state index in [1.54, 1.807) is 7.11 Å². The monoisotopic (exact) mass is 354 g/mol. The number of ether oxygens (including phenoxy) is 1. The van der Waals surface area contributed by atoms with Crippen LogP contribution in [-0.4, -0.2) is 46.2 Å². The normalized spacial score (nSPS) is 12.2. The molecule has 1 atom stereocenters. The number of hydrogen-bond donors (Lipinski definition) is 1. The number of carbonyl (C=O) groups is 1. The van der Waals surface area contributed by atoms with Crippen molar-refractivity contribution in [2.24, 2.45) is 7.05 Å². The van der Waals surface area contributed by atoms with Gasteiger partial charge in [-0.2, -0.15) is 0 Å². The Morgan fingerprint density at radius 3 is 2.87 bits per heavy atom. The van der Waals surface area contributed by atoms with Crippen molar-refractivity contribution in [3.8, 4) is 11.4 Å². The van der Waals surface area contributed by atoms with Crippen LogP contribution < -0.4 is 5.32 Å². The maximum absolute atomic E-state index is 11.9. The van der Waals surface area contributed by atoms with Crippen LogP contribution in [0.5, 0.6) is 0 Å². The Labute approximate surface area is 144 Å². The predicted octanol–water partition coefficient (Wildman–Crippen LogP) is 2.38. The van der Waals surface area contributed by atoms with Crippen LogP contribution in [0.3, 0.4) is 0 Å². The summed E-state index contributed by atoms with van der Waals surface area (Å²) in [5, 5.41) is 12.4. The fraction of sp³-hybridized carbons (Fsp3) is 0.400. The molecule has 2 aromatic rings. The molecular weight excluding hydrogens is 336 g/mol. The molecule has 0 aliphatic heterocycles.